The molecule has 0 atom stereocenters. The molecule has 0 saturated carbocycles. The van der Waals surface area contributed by atoms with E-state index in [1.807, 2.05) is 6.92 Å². The van der Waals surface area contributed by atoms with Crippen molar-refractivity contribution >= 4 is 0 Å². The van der Waals surface area contributed by atoms with Crippen LogP contribution in [-0.2, 0) is 13.5 Å². The lowest BCUT2D eigenvalue weighted by Crippen LogP contribution is -1.88. The van der Waals surface area contributed by atoms with Crippen LogP contribution < -0.4 is 0 Å². The normalized spacial score (nSPS) is 10.0. The minimum atomic E-state index is 0.292. The lowest BCUT2D eigenvalue weighted by Gasteiger charge is -1.85. The molecule has 0 aliphatic rings. The fourth-order valence-corrected chi connectivity index (χ4v) is 0.774. The van der Waals surface area contributed by atoms with Crippen molar-refractivity contribution in [1.29, 1.82) is 0 Å². The van der Waals surface area contributed by atoms with Gasteiger partial charge in [0.2, 0.25) is 0 Å². The van der Waals surface area contributed by atoms with Gasteiger partial charge in [-0.3, -0.25) is 4.68 Å². The Morgan fingerprint density at radius 1 is 1.78 bits per heavy atom. The number of nitrogens with zero attached hydrogens (tertiary/aromatic N) is 2. The third-order valence-electron chi connectivity index (χ3n) is 1.22. The summed E-state index contributed by atoms with van der Waals surface area (Å²) < 4.78 is 1.61. The van der Waals surface area contributed by atoms with E-state index in [1.54, 1.807) is 17.9 Å². The van der Waals surface area contributed by atoms with E-state index in [-0.39, 0.29) is 0 Å². The molecular formula is C6H10N2O. The maximum Gasteiger partial charge on any atom is 0.156 e. The first-order valence-electron chi connectivity index (χ1n) is 2.95. The van der Waals surface area contributed by atoms with Gasteiger partial charge in [0.25, 0.3) is 0 Å². The molecule has 0 radical (unpaired) electrons. The molecule has 0 aliphatic carbocycles. The highest BCUT2D eigenvalue weighted by molar-refractivity contribution is 5.21. The zero-order valence-electron chi connectivity index (χ0n) is 5.63. The van der Waals surface area contributed by atoms with E-state index < -0.39 is 0 Å². The zero-order chi connectivity index (χ0) is 6.85. The Morgan fingerprint density at radius 2 is 2.44 bits per heavy atom. The molecule has 0 aromatic carbocycles. The van der Waals surface area contributed by atoms with Gasteiger partial charge in [-0.15, -0.1) is 0 Å². The molecular weight excluding hydrogens is 116 g/mol. The molecule has 9 heavy (non-hydrogen) atoms. The molecule has 0 amide bonds. The number of hydrogen-bond acceptors (Lipinski definition) is 2. The first kappa shape index (κ1) is 6.13. The second-order valence-electron chi connectivity index (χ2n) is 1.99. The van der Waals surface area contributed by atoms with E-state index in [0.717, 1.165) is 12.1 Å². The van der Waals surface area contributed by atoms with Crippen molar-refractivity contribution in [2.24, 2.45) is 7.05 Å². The lowest BCUT2D eigenvalue weighted by molar-refractivity contribution is 0.468. The van der Waals surface area contributed by atoms with Crippen LogP contribution in [0.15, 0.2) is 6.20 Å². The summed E-state index contributed by atoms with van der Waals surface area (Å²) in [4.78, 5) is 0. The Morgan fingerprint density at radius 3 is 2.67 bits per heavy atom. The second-order valence-corrected chi connectivity index (χ2v) is 1.99. The summed E-state index contributed by atoms with van der Waals surface area (Å²) in [5.41, 5.74) is 0.762. The maximum absolute atomic E-state index is 9.05. The average Bonchev–Trinajstić information content (AvgIpc) is 2.10. The lowest BCUT2D eigenvalue weighted by atomic mass is 10.3. The summed E-state index contributed by atoms with van der Waals surface area (Å²) in [6.45, 7) is 1.96. The number of rotatable bonds is 1. The standard InChI is InChI=1S/C6H10N2O/c1-3-5-6(9)4-8(2)7-5/h4,9H,3H2,1-2H3. The van der Waals surface area contributed by atoms with E-state index >= 15 is 0 Å². The Hall–Kier alpha value is -0.990. The third-order valence-corrected chi connectivity index (χ3v) is 1.22. The van der Waals surface area contributed by atoms with Crippen LogP contribution in [0.1, 0.15) is 12.6 Å². The van der Waals surface area contributed by atoms with Gasteiger partial charge in [-0.25, -0.2) is 0 Å². The fourth-order valence-electron chi connectivity index (χ4n) is 0.774. The van der Waals surface area contributed by atoms with Crippen molar-refractivity contribution < 1.29 is 5.11 Å². The van der Waals surface area contributed by atoms with E-state index in [2.05, 4.69) is 5.10 Å². The Labute approximate surface area is 53.9 Å². The number of aryl methyl sites for hydroxylation is 2. The van der Waals surface area contributed by atoms with Gasteiger partial charge in [0, 0.05) is 7.05 Å². The highest BCUT2D eigenvalue weighted by atomic mass is 16.3. The van der Waals surface area contributed by atoms with Crippen molar-refractivity contribution in [3.63, 3.8) is 0 Å². The van der Waals surface area contributed by atoms with Crippen molar-refractivity contribution in [2.75, 3.05) is 0 Å². The third kappa shape index (κ3) is 1.04. The van der Waals surface area contributed by atoms with Gasteiger partial charge < -0.3 is 5.11 Å². The quantitative estimate of drug-likeness (QED) is 0.601. The highest BCUT2D eigenvalue weighted by Gasteiger charge is 2.00. The molecule has 0 unspecified atom stereocenters. The number of aromatic nitrogens is 2. The Balaban J connectivity index is 3.01. The van der Waals surface area contributed by atoms with Gasteiger partial charge in [0.15, 0.2) is 5.75 Å². The van der Waals surface area contributed by atoms with E-state index in [1.165, 1.54) is 0 Å². The molecule has 0 aliphatic heterocycles. The van der Waals surface area contributed by atoms with Gasteiger partial charge in [0.05, 0.1) is 6.20 Å². The molecule has 3 nitrogen and oxygen atoms in total. The van der Waals surface area contributed by atoms with Gasteiger partial charge >= 0.3 is 0 Å². The van der Waals surface area contributed by atoms with E-state index in [0.29, 0.717) is 5.75 Å². The van der Waals surface area contributed by atoms with Crippen molar-refractivity contribution in [2.45, 2.75) is 13.3 Å². The van der Waals surface area contributed by atoms with E-state index in [4.69, 9.17) is 5.11 Å². The van der Waals surface area contributed by atoms with Crippen LogP contribution in [0.25, 0.3) is 0 Å². The van der Waals surface area contributed by atoms with Crippen LogP contribution in [0, 0.1) is 0 Å². The average molecular weight is 126 g/mol. The Kier molecular flexibility index (Phi) is 1.42. The number of aromatic hydroxyl groups is 1. The first-order chi connectivity index (χ1) is 4.24. The molecule has 1 N–H and O–H groups in total. The molecule has 1 aromatic rings. The van der Waals surface area contributed by atoms with Crippen LogP contribution in [0.4, 0.5) is 0 Å². The van der Waals surface area contributed by atoms with Crippen LogP contribution in [0.2, 0.25) is 0 Å². The number of hydrogen-bond donors (Lipinski definition) is 1. The molecule has 3 heteroatoms. The van der Waals surface area contributed by atoms with Gasteiger partial charge in [-0.05, 0) is 6.42 Å². The van der Waals surface area contributed by atoms with Crippen molar-refractivity contribution in [3.05, 3.63) is 11.9 Å². The second kappa shape index (κ2) is 2.09. The molecule has 50 valence electrons. The minimum Gasteiger partial charge on any atom is -0.504 e. The monoisotopic (exact) mass is 126 g/mol. The summed E-state index contributed by atoms with van der Waals surface area (Å²) in [7, 11) is 1.79. The fraction of sp³-hybridized carbons (Fsp3) is 0.500. The van der Waals surface area contributed by atoms with Crippen LogP contribution in [-0.4, -0.2) is 14.9 Å². The summed E-state index contributed by atoms with van der Waals surface area (Å²) in [5, 5.41) is 13.0. The van der Waals surface area contributed by atoms with Crippen LogP contribution in [0.3, 0.4) is 0 Å². The predicted molar refractivity (Wildman–Crippen MR) is 34.3 cm³/mol. The van der Waals surface area contributed by atoms with Gasteiger partial charge in [-0.2, -0.15) is 5.10 Å². The maximum atomic E-state index is 9.05. The summed E-state index contributed by atoms with van der Waals surface area (Å²) >= 11 is 0. The molecule has 1 rings (SSSR count). The first-order valence-corrected chi connectivity index (χ1v) is 2.95. The SMILES string of the molecule is CCc1nn(C)cc1O. The predicted octanol–water partition coefficient (Wildman–Crippen LogP) is 0.688. The smallest absolute Gasteiger partial charge is 0.156 e. The molecule has 0 fully saturated rings. The zero-order valence-corrected chi connectivity index (χ0v) is 5.63. The largest absolute Gasteiger partial charge is 0.504 e. The van der Waals surface area contributed by atoms with Crippen LogP contribution >= 0.6 is 0 Å². The summed E-state index contributed by atoms with van der Waals surface area (Å²) in [6.07, 6.45) is 2.38. The molecule has 0 saturated heterocycles. The summed E-state index contributed by atoms with van der Waals surface area (Å²) in [5.74, 6) is 0.292. The summed E-state index contributed by atoms with van der Waals surface area (Å²) in [6, 6.07) is 0. The molecule has 1 heterocycles. The van der Waals surface area contributed by atoms with Crippen molar-refractivity contribution in [3.8, 4) is 5.75 Å². The topological polar surface area (TPSA) is 38.0 Å². The van der Waals surface area contributed by atoms with Crippen molar-refractivity contribution in [1.82, 2.24) is 9.78 Å². The highest BCUT2D eigenvalue weighted by Crippen LogP contribution is 2.12. The van der Waals surface area contributed by atoms with Crippen LogP contribution in [0.5, 0.6) is 5.75 Å². The van der Waals surface area contributed by atoms with Gasteiger partial charge in [0.1, 0.15) is 5.69 Å². The molecule has 0 spiro atoms. The molecule has 0 bridgehead atoms. The molecule has 1 aromatic heterocycles. The van der Waals surface area contributed by atoms with Gasteiger partial charge in [-0.1, -0.05) is 6.92 Å². The minimum absolute atomic E-state index is 0.292. The Bertz CT molecular complexity index is 205. The van der Waals surface area contributed by atoms with E-state index in [9.17, 15) is 0 Å².